The van der Waals surface area contributed by atoms with Gasteiger partial charge in [0.15, 0.2) is 0 Å². The summed E-state index contributed by atoms with van der Waals surface area (Å²) in [6, 6.07) is 6.61. The van der Waals surface area contributed by atoms with Crippen LogP contribution in [0.15, 0.2) is 36.4 Å². The van der Waals surface area contributed by atoms with Gasteiger partial charge in [0, 0.05) is 5.56 Å². The lowest BCUT2D eigenvalue weighted by atomic mass is 10.0. The second-order valence-corrected chi connectivity index (χ2v) is 4.30. The molecule has 0 bridgehead atoms. The summed E-state index contributed by atoms with van der Waals surface area (Å²) >= 11 is 5.69. The number of hydrogen-bond donors (Lipinski definition) is 1. The lowest BCUT2D eigenvalue weighted by molar-refractivity contribution is -0.137. The molecular weight excluding hydrogens is 295 g/mol. The highest BCUT2D eigenvalue weighted by molar-refractivity contribution is 6.29. The Hall–Kier alpha value is -2.08. The molecule has 20 heavy (non-hydrogen) atoms. The Kier molecular flexibility index (Phi) is 3.67. The third-order valence-corrected chi connectivity index (χ3v) is 2.79. The first-order valence-corrected chi connectivity index (χ1v) is 5.74. The first-order valence-electron chi connectivity index (χ1n) is 5.36. The number of rotatable bonds is 2. The van der Waals surface area contributed by atoms with Crippen LogP contribution in [0.3, 0.4) is 0 Å². The Bertz CT molecular complexity index is 654. The summed E-state index contributed by atoms with van der Waals surface area (Å²) in [4.78, 5) is 14.9. The first kappa shape index (κ1) is 14.3. The van der Waals surface area contributed by atoms with Crippen LogP contribution in [0.25, 0.3) is 11.3 Å². The minimum atomic E-state index is -4.45. The Morgan fingerprint density at radius 1 is 1.10 bits per heavy atom. The molecule has 0 saturated carbocycles. The number of halogens is 4. The average molecular weight is 302 g/mol. The quantitative estimate of drug-likeness (QED) is 0.849. The summed E-state index contributed by atoms with van der Waals surface area (Å²) in [5, 5.41) is 9.10. The maximum atomic E-state index is 12.5. The molecule has 0 aliphatic carbocycles. The van der Waals surface area contributed by atoms with E-state index in [1.807, 2.05) is 0 Å². The van der Waals surface area contributed by atoms with Crippen molar-refractivity contribution in [1.82, 2.24) is 4.98 Å². The largest absolute Gasteiger partial charge is 0.478 e. The zero-order valence-electron chi connectivity index (χ0n) is 9.78. The molecular formula is C13H7ClF3NO2. The van der Waals surface area contributed by atoms with E-state index >= 15 is 0 Å². The number of carbonyl (C=O) groups is 1. The molecule has 104 valence electrons. The zero-order chi connectivity index (χ0) is 14.9. The average Bonchev–Trinajstić information content (AvgIpc) is 2.37. The van der Waals surface area contributed by atoms with E-state index in [9.17, 15) is 18.0 Å². The molecule has 0 aliphatic rings. The number of benzene rings is 1. The van der Waals surface area contributed by atoms with Crippen LogP contribution in [0.1, 0.15) is 15.9 Å². The minimum Gasteiger partial charge on any atom is -0.478 e. The molecule has 0 radical (unpaired) electrons. The molecule has 1 heterocycles. The van der Waals surface area contributed by atoms with Crippen molar-refractivity contribution < 1.29 is 23.1 Å². The topological polar surface area (TPSA) is 50.2 Å². The van der Waals surface area contributed by atoms with Gasteiger partial charge in [0.25, 0.3) is 0 Å². The van der Waals surface area contributed by atoms with Crippen LogP contribution < -0.4 is 0 Å². The molecule has 2 aromatic rings. The van der Waals surface area contributed by atoms with E-state index in [0.29, 0.717) is 0 Å². The SMILES string of the molecule is O=C(O)c1ccc(Cl)nc1-c1ccc(C(F)(F)F)cc1. The molecule has 3 nitrogen and oxygen atoms in total. The van der Waals surface area contributed by atoms with Gasteiger partial charge in [-0.25, -0.2) is 9.78 Å². The van der Waals surface area contributed by atoms with Crippen LogP contribution in [-0.4, -0.2) is 16.1 Å². The second kappa shape index (κ2) is 5.13. The van der Waals surface area contributed by atoms with Gasteiger partial charge in [-0.1, -0.05) is 23.7 Å². The van der Waals surface area contributed by atoms with Crippen molar-refractivity contribution in [3.8, 4) is 11.3 Å². The minimum absolute atomic E-state index is 0.0266. The molecule has 0 aliphatic heterocycles. The van der Waals surface area contributed by atoms with E-state index in [0.717, 1.165) is 24.3 Å². The van der Waals surface area contributed by atoms with Gasteiger partial charge >= 0.3 is 12.1 Å². The predicted octanol–water partition coefficient (Wildman–Crippen LogP) is 4.12. The number of nitrogens with zero attached hydrogens (tertiary/aromatic N) is 1. The van der Waals surface area contributed by atoms with Crippen LogP contribution in [0.5, 0.6) is 0 Å². The van der Waals surface area contributed by atoms with Crippen LogP contribution in [0.4, 0.5) is 13.2 Å². The monoisotopic (exact) mass is 301 g/mol. The highest BCUT2D eigenvalue weighted by atomic mass is 35.5. The molecule has 0 saturated heterocycles. The number of aromatic nitrogens is 1. The Morgan fingerprint density at radius 2 is 1.70 bits per heavy atom. The van der Waals surface area contributed by atoms with Crippen molar-refractivity contribution in [2.24, 2.45) is 0 Å². The number of alkyl halides is 3. The summed E-state index contributed by atoms with van der Waals surface area (Å²) in [5.74, 6) is -1.23. The maximum Gasteiger partial charge on any atom is 0.416 e. The lowest BCUT2D eigenvalue weighted by Gasteiger charge is -2.09. The van der Waals surface area contributed by atoms with Crippen molar-refractivity contribution in [1.29, 1.82) is 0 Å². The first-order chi connectivity index (χ1) is 9.29. The molecule has 1 N–H and O–H groups in total. The zero-order valence-corrected chi connectivity index (χ0v) is 10.5. The molecule has 0 atom stereocenters. The molecule has 1 aromatic heterocycles. The van der Waals surface area contributed by atoms with Crippen LogP contribution in [0.2, 0.25) is 5.15 Å². The van der Waals surface area contributed by atoms with Crippen LogP contribution in [0, 0.1) is 0 Å². The molecule has 1 aromatic carbocycles. The Balaban J connectivity index is 2.52. The van der Waals surface area contributed by atoms with E-state index in [4.69, 9.17) is 16.7 Å². The van der Waals surface area contributed by atoms with Crippen molar-refractivity contribution >= 4 is 17.6 Å². The summed E-state index contributed by atoms with van der Waals surface area (Å²) in [6.45, 7) is 0. The Morgan fingerprint density at radius 3 is 2.20 bits per heavy atom. The van der Waals surface area contributed by atoms with Crippen molar-refractivity contribution in [2.45, 2.75) is 6.18 Å². The van der Waals surface area contributed by atoms with Gasteiger partial charge in [-0.3, -0.25) is 0 Å². The smallest absolute Gasteiger partial charge is 0.416 e. The van der Waals surface area contributed by atoms with Crippen molar-refractivity contribution in [3.05, 3.63) is 52.7 Å². The third kappa shape index (κ3) is 2.91. The standard InChI is InChI=1S/C13H7ClF3NO2/c14-10-6-5-9(12(19)20)11(18-10)7-1-3-8(4-2-7)13(15,16)17/h1-6H,(H,19,20). The van der Waals surface area contributed by atoms with E-state index in [1.54, 1.807) is 0 Å². The van der Waals surface area contributed by atoms with E-state index in [2.05, 4.69) is 4.98 Å². The van der Waals surface area contributed by atoms with Gasteiger partial charge in [-0.15, -0.1) is 0 Å². The fourth-order valence-corrected chi connectivity index (χ4v) is 1.79. The fourth-order valence-electron chi connectivity index (χ4n) is 1.65. The summed E-state index contributed by atoms with van der Waals surface area (Å²) in [7, 11) is 0. The van der Waals surface area contributed by atoms with E-state index in [1.165, 1.54) is 12.1 Å². The van der Waals surface area contributed by atoms with Gasteiger partial charge in [0.1, 0.15) is 5.15 Å². The molecule has 0 amide bonds. The predicted molar refractivity (Wildman–Crippen MR) is 66.6 cm³/mol. The van der Waals surface area contributed by atoms with Gasteiger partial charge in [0.05, 0.1) is 16.8 Å². The fraction of sp³-hybridized carbons (Fsp3) is 0.0769. The number of aromatic carboxylic acids is 1. The number of pyridine rings is 1. The molecule has 0 fully saturated rings. The Labute approximate surface area is 116 Å². The number of carboxylic acids is 1. The summed E-state index contributed by atoms with van der Waals surface area (Å²) < 4.78 is 37.4. The van der Waals surface area contributed by atoms with Gasteiger partial charge in [-0.2, -0.15) is 13.2 Å². The van der Waals surface area contributed by atoms with Crippen LogP contribution in [-0.2, 0) is 6.18 Å². The van der Waals surface area contributed by atoms with Gasteiger partial charge in [-0.05, 0) is 24.3 Å². The van der Waals surface area contributed by atoms with E-state index < -0.39 is 17.7 Å². The van der Waals surface area contributed by atoms with Gasteiger partial charge < -0.3 is 5.11 Å². The molecule has 0 unspecified atom stereocenters. The second-order valence-electron chi connectivity index (χ2n) is 3.91. The summed E-state index contributed by atoms with van der Waals surface area (Å²) in [5.41, 5.74) is -0.675. The van der Waals surface area contributed by atoms with Crippen molar-refractivity contribution in [3.63, 3.8) is 0 Å². The molecule has 7 heteroatoms. The molecule has 2 rings (SSSR count). The maximum absolute atomic E-state index is 12.5. The van der Waals surface area contributed by atoms with Gasteiger partial charge in [0.2, 0.25) is 0 Å². The van der Waals surface area contributed by atoms with Crippen LogP contribution >= 0.6 is 11.6 Å². The third-order valence-electron chi connectivity index (χ3n) is 2.58. The highest BCUT2D eigenvalue weighted by Gasteiger charge is 2.30. The van der Waals surface area contributed by atoms with Crippen molar-refractivity contribution in [2.75, 3.05) is 0 Å². The number of carboxylic acid groups (broad SMARTS) is 1. The van der Waals surface area contributed by atoms with E-state index in [-0.39, 0.29) is 22.0 Å². The lowest BCUT2D eigenvalue weighted by Crippen LogP contribution is -2.05. The normalized spacial score (nSPS) is 11.4. The number of hydrogen-bond acceptors (Lipinski definition) is 2. The summed E-state index contributed by atoms with van der Waals surface area (Å²) in [6.07, 6.45) is -4.45. The molecule has 0 spiro atoms. The highest BCUT2D eigenvalue weighted by Crippen LogP contribution is 2.31.